The Morgan fingerprint density at radius 2 is 2.00 bits per heavy atom. The fourth-order valence-corrected chi connectivity index (χ4v) is 1.05. The van der Waals surface area contributed by atoms with Crippen molar-refractivity contribution in [3.8, 4) is 0 Å². The van der Waals surface area contributed by atoms with Crippen molar-refractivity contribution in [2.75, 3.05) is 0 Å². The lowest BCUT2D eigenvalue weighted by atomic mass is 10.1. The zero-order valence-electron chi connectivity index (χ0n) is 7.02. The number of aliphatic hydroxyl groups excluding tert-OH is 1. The normalized spacial score (nSPS) is 13.0. The summed E-state index contributed by atoms with van der Waals surface area (Å²) in [5.74, 6) is -2.25. The fraction of sp³-hybridized carbons (Fsp3) is 0.333. The van der Waals surface area contributed by atoms with E-state index in [0.717, 1.165) is 12.1 Å². The van der Waals surface area contributed by atoms with Crippen molar-refractivity contribution < 1.29 is 18.3 Å². The highest BCUT2D eigenvalue weighted by molar-refractivity contribution is 5.27. The summed E-state index contributed by atoms with van der Waals surface area (Å²) >= 11 is 0. The van der Waals surface area contributed by atoms with Gasteiger partial charge in [0.2, 0.25) is 0 Å². The van der Waals surface area contributed by atoms with Crippen LogP contribution in [-0.2, 0) is 6.67 Å². The first-order valence-corrected chi connectivity index (χ1v) is 3.78. The summed E-state index contributed by atoms with van der Waals surface area (Å²) in [6.45, 7) is 0.413. The number of aliphatic hydroxyl groups is 1. The SMILES string of the molecule is CC(O)c1cc(CF)cc(F)c1F. The molecule has 1 aromatic carbocycles. The molecule has 1 nitrogen and oxygen atoms in total. The molecule has 0 aliphatic rings. The molecule has 1 rings (SSSR count). The van der Waals surface area contributed by atoms with Gasteiger partial charge in [-0.15, -0.1) is 0 Å². The van der Waals surface area contributed by atoms with Gasteiger partial charge in [0.25, 0.3) is 0 Å². The Morgan fingerprint density at radius 1 is 1.38 bits per heavy atom. The predicted octanol–water partition coefficient (Wildman–Crippen LogP) is 2.49. The summed E-state index contributed by atoms with van der Waals surface area (Å²) in [7, 11) is 0. The number of hydrogen-bond donors (Lipinski definition) is 1. The lowest BCUT2D eigenvalue weighted by molar-refractivity contribution is 0.192. The topological polar surface area (TPSA) is 20.2 Å². The van der Waals surface area contributed by atoms with Crippen LogP contribution in [0.15, 0.2) is 12.1 Å². The molecule has 1 unspecified atom stereocenters. The molecule has 0 radical (unpaired) electrons. The largest absolute Gasteiger partial charge is 0.389 e. The highest BCUT2D eigenvalue weighted by Crippen LogP contribution is 2.21. The van der Waals surface area contributed by atoms with E-state index in [9.17, 15) is 13.2 Å². The van der Waals surface area contributed by atoms with Crippen LogP contribution in [0.4, 0.5) is 13.2 Å². The van der Waals surface area contributed by atoms with Gasteiger partial charge in [0.15, 0.2) is 11.6 Å². The second kappa shape index (κ2) is 3.79. The Kier molecular flexibility index (Phi) is 2.93. The second-order valence-corrected chi connectivity index (χ2v) is 2.79. The molecule has 1 atom stereocenters. The third kappa shape index (κ3) is 2.01. The standard InChI is InChI=1S/C9H9F3O/c1-5(13)7-2-6(4-10)3-8(11)9(7)12/h2-3,5,13H,4H2,1H3. The molecule has 13 heavy (non-hydrogen) atoms. The molecule has 0 aromatic heterocycles. The monoisotopic (exact) mass is 190 g/mol. The quantitative estimate of drug-likeness (QED) is 0.759. The van der Waals surface area contributed by atoms with Gasteiger partial charge in [-0.3, -0.25) is 0 Å². The van der Waals surface area contributed by atoms with Gasteiger partial charge in [0, 0.05) is 5.56 Å². The first kappa shape index (κ1) is 10.1. The van der Waals surface area contributed by atoms with Gasteiger partial charge in [-0.1, -0.05) is 0 Å². The molecule has 0 aliphatic heterocycles. The smallest absolute Gasteiger partial charge is 0.164 e. The van der Waals surface area contributed by atoms with E-state index >= 15 is 0 Å². The Balaban J connectivity index is 3.25. The lowest BCUT2D eigenvalue weighted by Crippen LogP contribution is -2.00. The summed E-state index contributed by atoms with van der Waals surface area (Å²) < 4.78 is 37.8. The van der Waals surface area contributed by atoms with Crippen molar-refractivity contribution in [3.63, 3.8) is 0 Å². The molecule has 4 heteroatoms. The van der Waals surface area contributed by atoms with Crippen LogP contribution in [0.1, 0.15) is 24.2 Å². The molecule has 72 valence electrons. The molecule has 0 saturated heterocycles. The molecular formula is C9H9F3O. The van der Waals surface area contributed by atoms with Crippen molar-refractivity contribution in [1.29, 1.82) is 0 Å². The lowest BCUT2D eigenvalue weighted by Gasteiger charge is -2.08. The van der Waals surface area contributed by atoms with Crippen LogP contribution < -0.4 is 0 Å². The summed E-state index contributed by atoms with van der Waals surface area (Å²) in [5, 5.41) is 9.02. The number of rotatable bonds is 2. The summed E-state index contributed by atoms with van der Waals surface area (Å²) in [6.07, 6.45) is -1.14. The van der Waals surface area contributed by atoms with E-state index in [1.165, 1.54) is 6.92 Å². The molecule has 1 aromatic rings. The first-order chi connectivity index (χ1) is 6.06. The highest BCUT2D eigenvalue weighted by Gasteiger charge is 2.14. The van der Waals surface area contributed by atoms with Crippen LogP contribution in [-0.4, -0.2) is 5.11 Å². The molecule has 0 saturated carbocycles. The number of hydrogen-bond acceptors (Lipinski definition) is 1. The number of benzene rings is 1. The zero-order chi connectivity index (χ0) is 10.0. The van der Waals surface area contributed by atoms with Gasteiger partial charge in [-0.2, -0.15) is 0 Å². The van der Waals surface area contributed by atoms with E-state index in [1.807, 2.05) is 0 Å². The minimum Gasteiger partial charge on any atom is -0.389 e. The maximum absolute atomic E-state index is 12.9. The molecule has 0 fully saturated rings. The summed E-state index contributed by atoms with van der Waals surface area (Å²) in [5.41, 5.74) is -0.192. The van der Waals surface area contributed by atoms with Gasteiger partial charge in [-0.05, 0) is 24.6 Å². The fourth-order valence-electron chi connectivity index (χ4n) is 1.05. The van der Waals surface area contributed by atoms with Crippen LogP contribution in [0.3, 0.4) is 0 Å². The van der Waals surface area contributed by atoms with Crippen molar-refractivity contribution in [2.45, 2.75) is 19.7 Å². The molecule has 0 bridgehead atoms. The summed E-state index contributed by atoms with van der Waals surface area (Å²) in [4.78, 5) is 0. The second-order valence-electron chi connectivity index (χ2n) is 2.79. The third-order valence-corrected chi connectivity index (χ3v) is 1.72. The minimum absolute atomic E-state index is 0.0230. The van der Waals surface area contributed by atoms with E-state index in [-0.39, 0.29) is 11.1 Å². The van der Waals surface area contributed by atoms with Gasteiger partial charge in [-0.25, -0.2) is 13.2 Å². The molecule has 0 amide bonds. The van der Waals surface area contributed by atoms with E-state index in [1.54, 1.807) is 0 Å². The van der Waals surface area contributed by atoms with E-state index in [4.69, 9.17) is 5.11 Å². The van der Waals surface area contributed by atoms with E-state index in [0.29, 0.717) is 0 Å². The maximum Gasteiger partial charge on any atom is 0.164 e. The first-order valence-electron chi connectivity index (χ1n) is 3.78. The van der Waals surface area contributed by atoms with Crippen molar-refractivity contribution in [2.24, 2.45) is 0 Å². The van der Waals surface area contributed by atoms with Crippen molar-refractivity contribution in [1.82, 2.24) is 0 Å². The van der Waals surface area contributed by atoms with E-state index in [2.05, 4.69) is 0 Å². The van der Waals surface area contributed by atoms with Crippen LogP contribution in [0.2, 0.25) is 0 Å². The molecule has 0 spiro atoms. The van der Waals surface area contributed by atoms with Gasteiger partial charge in [0.1, 0.15) is 6.67 Å². The van der Waals surface area contributed by atoms with Crippen molar-refractivity contribution >= 4 is 0 Å². The molecule has 0 aliphatic carbocycles. The Labute approximate surface area is 73.8 Å². The van der Waals surface area contributed by atoms with Gasteiger partial charge < -0.3 is 5.11 Å². The minimum atomic E-state index is -1.14. The number of halogens is 3. The van der Waals surface area contributed by atoms with Crippen molar-refractivity contribution in [3.05, 3.63) is 34.9 Å². The van der Waals surface area contributed by atoms with Gasteiger partial charge >= 0.3 is 0 Å². The van der Waals surface area contributed by atoms with Gasteiger partial charge in [0.05, 0.1) is 6.10 Å². The molecule has 0 heterocycles. The highest BCUT2D eigenvalue weighted by atomic mass is 19.2. The Bertz CT molecular complexity index is 310. The number of alkyl halides is 1. The van der Waals surface area contributed by atoms with Crippen LogP contribution in [0, 0.1) is 11.6 Å². The Morgan fingerprint density at radius 3 is 2.46 bits per heavy atom. The average molecular weight is 190 g/mol. The van der Waals surface area contributed by atoms with Crippen LogP contribution in [0.5, 0.6) is 0 Å². The average Bonchev–Trinajstić information content (AvgIpc) is 2.09. The Hall–Kier alpha value is -1.03. The molecule has 1 N–H and O–H groups in total. The zero-order valence-corrected chi connectivity index (χ0v) is 7.02. The maximum atomic E-state index is 12.9. The van der Waals surface area contributed by atoms with Crippen LogP contribution >= 0.6 is 0 Å². The van der Waals surface area contributed by atoms with E-state index < -0.39 is 24.4 Å². The predicted molar refractivity (Wildman–Crippen MR) is 41.8 cm³/mol. The molecular weight excluding hydrogens is 181 g/mol. The third-order valence-electron chi connectivity index (χ3n) is 1.72. The van der Waals surface area contributed by atoms with Crippen LogP contribution in [0.25, 0.3) is 0 Å². The summed E-state index contributed by atoms with van der Waals surface area (Å²) in [6, 6.07) is 1.89.